The number of esters is 1. The quantitative estimate of drug-likeness (QED) is 0.492. The molecule has 10 nitrogen and oxygen atoms in total. The number of nitrogens with one attached hydrogen (secondary N) is 1. The van der Waals surface area contributed by atoms with Crippen molar-refractivity contribution in [3.05, 3.63) is 0 Å². The number of nitrogens with zero attached hydrogens (tertiary/aromatic N) is 1. The highest BCUT2D eigenvalue weighted by Crippen LogP contribution is 2.09. The van der Waals surface area contributed by atoms with E-state index in [0.29, 0.717) is 0 Å². The Morgan fingerprint density at radius 2 is 2.14 bits per heavy atom. The minimum absolute atomic E-state index is 0.0480. The molecule has 1 rings (SSSR count). The summed E-state index contributed by atoms with van der Waals surface area (Å²) in [6.45, 7) is 0.247. The predicted octanol–water partition coefficient (Wildman–Crippen LogP) is -2.10. The van der Waals surface area contributed by atoms with Crippen LogP contribution in [0.15, 0.2) is 0 Å². The number of carbonyl (C=O) groups excluding carboxylic acids is 3. The van der Waals surface area contributed by atoms with Crippen molar-refractivity contribution in [3.8, 4) is 0 Å². The van der Waals surface area contributed by atoms with Crippen LogP contribution in [0, 0.1) is 0 Å². The van der Waals surface area contributed by atoms with Gasteiger partial charge in [-0.15, -0.1) is 0 Å². The summed E-state index contributed by atoms with van der Waals surface area (Å²) in [4.78, 5) is 46.5. The van der Waals surface area contributed by atoms with Gasteiger partial charge in [0.2, 0.25) is 5.91 Å². The van der Waals surface area contributed by atoms with Gasteiger partial charge in [-0.25, -0.2) is 14.4 Å². The van der Waals surface area contributed by atoms with Crippen LogP contribution in [0.5, 0.6) is 0 Å². The fourth-order valence-electron chi connectivity index (χ4n) is 1.81. The molecule has 1 aliphatic rings. The van der Waals surface area contributed by atoms with Gasteiger partial charge in [0.15, 0.2) is 6.04 Å². The summed E-state index contributed by atoms with van der Waals surface area (Å²) in [6, 6.07) is -3.23. The maximum atomic E-state index is 12.1. The number of hydrogen-bond donors (Lipinski definition) is 3. The van der Waals surface area contributed by atoms with Crippen molar-refractivity contribution in [3.63, 3.8) is 0 Å². The number of carboxylic acid groups (broad SMARTS) is 1. The number of carbonyl (C=O) groups is 4. The Bertz CT molecular complexity index is 440. The number of carboxylic acids is 1. The molecule has 10 heteroatoms. The molecular weight excluding hydrogens is 286 g/mol. The second-order valence-corrected chi connectivity index (χ2v) is 4.32. The molecule has 21 heavy (non-hydrogen) atoms. The van der Waals surface area contributed by atoms with Crippen LogP contribution in [0.4, 0.5) is 4.79 Å². The number of ether oxygens (including phenoxy) is 2. The lowest BCUT2D eigenvalue weighted by Crippen LogP contribution is -2.58. The van der Waals surface area contributed by atoms with Gasteiger partial charge in [0, 0.05) is 6.54 Å². The minimum Gasteiger partial charge on any atom is -0.480 e. The molecule has 1 saturated heterocycles. The number of aliphatic carboxylic acids is 1. The lowest BCUT2D eigenvalue weighted by molar-refractivity contribution is -0.151. The summed E-state index contributed by atoms with van der Waals surface area (Å²) in [6.07, 6.45) is -0.547. The summed E-state index contributed by atoms with van der Waals surface area (Å²) in [5, 5.41) is 11.1. The zero-order valence-electron chi connectivity index (χ0n) is 11.4. The molecule has 0 aliphatic carbocycles. The molecule has 4 N–H and O–H groups in total. The van der Waals surface area contributed by atoms with Gasteiger partial charge in [0.1, 0.15) is 6.04 Å². The smallest absolute Gasteiger partial charge is 0.331 e. The van der Waals surface area contributed by atoms with Crippen molar-refractivity contribution in [2.45, 2.75) is 18.5 Å². The van der Waals surface area contributed by atoms with E-state index in [0.717, 1.165) is 4.90 Å². The van der Waals surface area contributed by atoms with Crippen molar-refractivity contribution in [1.82, 2.24) is 10.2 Å². The molecule has 0 aromatic carbocycles. The lowest BCUT2D eigenvalue weighted by atomic mass is 10.2. The molecule has 0 aromatic rings. The fraction of sp³-hybridized carbons (Fsp3) is 0.636. The van der Waals surface area contributed by atoms with Crippen LogP contribution >= 0.6 is 0 Å². The van der Waals surface area contributed by atoms with Crippen molar-refractivity contribution in [2.24, 2.45) is 5.73 Å². The molecule has 3 amide bonds. The number of primary amides is 1. The van der Waals surface area contributed by atoms with Crippen molar-refractivity contribution in [2.75, 3.05) is 26.9 Å². The number of hydrogen-bond acceptors (Lipinski definition) is 6. The Kier molecular flexibility index (Phi) is 5.91. The molecule has 2 unspecified atom stereocenters. The first-order chi connectivity index (χ1) is 9.86. The van der Waals surface area contributed by atoms with E-state index in [4.69, 9.17) is 15.6 Å². The number of rotatable bonds is 5. The third-order valence-electron chi connectivity index (χ3n) is 2.86. The second kappa shape index (κ2) is 7.43. The SMILES string of the molecule is COC(=O)C1COCCN1C(=O)NC(CC(N)=O)C(=O)O. The Hall–Kier alpha value is -2.36. The van der Waals surface area contributed by atoms with Crippen LogP contribution in [0.2, 0.25) is 0 Å². The summed E-state index contributed by atoms with van der Waals surface area (Å²) < 4.78 is 9.65. The Balaban J connectivity index is 2.76. The van der Waals surface area contributed by atoms with Crippen LogP contribution in [0.25, 0.3) is 0 Å². The van der Waals surface area contributed by atoms with Crippen molar-refractivity contribution >= 4 is 23.9 Å². The summed E-state index contributed by atoms with van der Waals surface area (Å²) in [5.41, 5.74) is 4.92. The monoisotopic (exact) mass is 303 g/mol. The minimum atomic E-state index is -1.46. The number of amides is 3. The van der Waals surface area contributed by atoms with E-state index < -0.39 is 42.4 Å². The molecule has 118 valence electrons. The fourth-order valence-corrected chi connectivity index (χ4v) is 1.81. The van der Waals surface area contributed by atoms with Crippen LogP contribution in [-0.4, -0.2) is 72.8 Å². The number of urea groups is 1. The summed E-state index contributed by atoms with van der Waals surface area (Å²) in [7, 11) is 1.17. The van der Waals surface area contributed by atoms with E-state index in [1.165, 1.54) is 7.11 Å². The summed E-state index contributed by atoms with van der Waals surface area (Å²) >= 11 is 0. The first-order valence-corrected chi connectivity index (χ1v) is 6.10. The molecule has 1 fully saturated rings. The average Bonchev–Trinajstić information content (AvgIpc) is 2.45. The van der Waals surface area contributed by atoms with Gasteiger partial charge in [-0.05, 0) is 0 Å². The highest BCUT2D eigenvalue weighted by molar-refractivity contribution is 5.89. The molecule has 0 radical (unpaired) electrons. The Morgan fingerprint density at radius 3 is 2.67 bits per heavy atom. The molecular formula is C11H17N3O7. The normalized spacial score (nSPS) is 19.5. The first-order valence-electron chi connectivity index (χ1n) is 6.10. The molecule has 0 spiro atoms. The molecule has 1 heterocycles. The highest BCUT2D eigenvalue weighted by Gasteiger charge is 2.35. The van der Waals surface area contributed by atoms with Gasteiger partial charge in [-0.2, -0.15) is 0 Å². The van der Waals surface area contributed by atoms with Crippen LogP contribution in [-0.2, 0) is 23.9 Å². The molecule has 0 saturated carbocycles. The Labute approximate surface area is 120 Å². The van der Waals surface area contributed by atoms with Crippen molar-refractivity contribution in [1.29, 1.82) is 0 Å². The highest BCUT2D eigenvalue weighted by atomic mass is 16.5. The standard InChI is InChI=1S/C11H17N3O7/c1-20-10(18)7-5-21-3-2-14(7)11(19)13-6(9(16)17)4-8(12)15/h6-7H,2-5H2,1H3,(H2,12,15)(H,13,19)(H,16,17). The van der Waals surface area contributed by atoms with E-state index in [1.807, 2.05) is 0 Å². The van der Waals surface area contributed by atoms with Gasteiger partial charge in [-0.1, -0.05) is 0 Å². The molecule has 2 atom stereocenters. The Morgan fingerprint density at radius 1 is 1.48 bits per heavy atom. The summed E-state index contributed by atoms with van der Waals surface area (Å²) in [5.74, 6) is -2.94. The van der Waals surface area contributed by atoms with E-state index in [-0.39, 0.29) is 19.8 Å². The predicted molar refractivity (Wildman–Crippen MR) is 67.1 cm³/mol. The number of nitrogens with two attached hydrogens (primary N) is 1. The topological polar surface area (TPSA) is 148 Å². The van der Waals surface area contributed by atoms with E-state index in [2.05, 4.69) is 10.1 Å². The van der Waals surface area contributed by atoms with Crippen LogP contribution < -0.4 is 11.1 Å². The van der Waals surface area contributed by atoms with Gasteiger partial charge >= 0.3 is 18.0 Å². The average molecular weight is 303 g/mol. The van der Waals surface area contributed by atoms with Crippen LogP contribution in [0.1, 0.15) is 6.42 Å². The lowest BCUT2D eigenvalue weighted by Gasteiger charge is -2.34. The maximum Gasteiger partial charge on any atom is 0.331 e. The zero-order chi connectivity index (χ0) is 16.0. The van der Waals surface area contributed by atoms with Gasteiger partial charge in [0.05, 0.1) is 26.7 Å². The maximum absolute atomic E-state index is 12.1. The second-order valence-electron chi connectivity index (χ2n) is 4.32. The van der Waals surface area contributed by atoms with Crippen molar-refractivity contribution < 1.29 is 33.8 Å². The molecule has 0 aromatic heterocycles. The third-order valence-corrected chi connectivity index (χ3v) is 2.86. The van der Waals surface area contributed by atoms with Gasteiger partial charge < -0.3 is 30.5 Å². The van der Waals surface area contributed by atoms with Crippen LogP contribution in [0.3, 0.4) is 0 Å². The molecule has 0 bridgehead atoms. The van der Waals surface area contributed by atoms with Gasteiger partial charge in [0.25, 0.3) is 0 Å². The zero-order valence-corrected chi connectivity index (χ0v) is 11.4. The van der Waals surface area contributed by atoms with E-state index in [1.54, 1.807) is 0 Å². The van der Waals surface area contributed by atoms with Gasteiger partial charge in [-0.3, -0.25) is 4.79 Å². The van der Waals surface area contributed by atoms with E-state index >= 15 is 0 Å². The number of morpholine rings is 1. The molecule has 1 aliphatic heterocycles. The third kappa shape index (κ3) is 4.60. The first kappa shape index (κ1) is 16.7. The largest absolute Gasteiger partial charge is 0.480 e. The number of methoxy groups -OCH3 is 1. The van der Waals surface area contributed by atoms with E-state index in [9.17, 15) is 19.2 Å².